The lowest BCUT2D eigenvalue weighted by Gasteiger charge is -2.15. The van der Waals surface area contributed by atoms with Gasteiger partial charge in [-0.1, -0.05) is 23.7 Å². The van der Waals surface area contributed by atoms with Crippen LogP contribution in [0.4, 0.5) is 11.4 Å². The Hall–Kier alpha value is -4.24. The first-order chi connectivity index (χ1) is 15.8. The standard InChI is InChI=1S/C23H17ClN4O5/c1-13-25-19-6-4-3-5-17(19)23(30)27(13)14-8-10-20(21(12-14)33-2)26-22(29)16-9-7-15(28(31)32)11-18(16)24/h3-12H,1-2H3,(H,26,29). The van der Waals surface area contributed by atoms with E-state index >= 15 is 0 Å². The summed E-state index contributed by atoms with van der Waals surface area (Å²) in [5.41, 5.74) is 1.07. The number of fused-ring (bicyclic) bond motifs is 1. The summed E-state index contributed by atoms with van der Waals surface area (Å²) >= 11 is 6.05. The SMILES string of the molecule is COc1cc(-n2c(C)nc3ccccc3c2=O)ccc1NC(=O)c1ccc([N+](=O)[O-])cc1Cl. The van der Waals surface area contributed by atoms with Crippen LogP contribution in [0.25, 0.3) is 16.6 Å². The van der Waals surface area contributed by atoms with Crippen molar-refractivity contribution in [1.82, 2.24) is 9.55 Å². The Morgan fingerprint density at radius 2 is 1.91 bits per heavy atom. The van der Waals surface area contributed by atoms with Crippen LogP contribution in [0.3, 0.4) is 0 Å². The highest BCUT2D eigenvalue weighted by Gasteiger charge is 2.18. The average molecular weight is 465 g/mol. The fourth-order valence-electron chi connectivity index (χ4n) is 3.46. The number of halogens is 1. The Labute approximate surface area is 192 Å². The quantitative estimate of drug-likeness (QED) is 0.343. The number of para-hydroxylation sites is 1. The first-order valence-electron chi connectivity index (χ1n) is 9.72. The molecule has 33 heavy (non-hydrogen) atoms. The zero-order chi connectivity index (χ0) is 23.7. The van der Waals surface area contributed by atoms with Gasteiger partial charge in [0.05, 0.1) is 44.9 Å². The molecule has 0 fully saturated rings. The van der Waals surface area contributed by atoms with Gasteiger partial charge >= 0.3 is 0 Å². The van der Waals surface area contributed by atoms with Crippen molar-refractivity contribution in [2.24, 2.45) is 0 Å². The maximum absolute atomic E-state index is 13.1. The molecule has 1 N–H and O–H groups in total. The number of nitro benzene ring substituents is 1. The lowest BCUT2D eigenvalue weighted by molar-refractivity contribution is -0.384. The second kappa shape index (κ2) is 8.71. The molecular weight excluding hydrogens is 448 g/mol. The summed E-state index contributed by atoms with van der Waals surface area (Å²) in [5.74, 6) is 0.232. The number of rotatable bonds is 5. The molecule has 4 aromatic rings. The second-order valence-corrected chi connectivity index (χ2v) is 7.48. The van der Waals surface area contributed by atoms with E-state index in [-0.39, 0.29) is 21.8 Å². The van der Waals surface area contributed by atoms with E-state index in [0.717, 1.165) is 6.07 Å². The van der Waals surface area contributed by atoms with E-state index in [4.69, 9.17) is 16.3 Å². The zero-order valence-electron chi connectivity index (χ0n) is 17.5. The highest BCUT2D eigenvalue weighted by Crippen LogP contribution is 2.29. The molecule has 0 atom stereocenters. The number of aryl methyl sites for hydroxylation is 1. The highest BCUT2D eigenvalue weighted by molar-refractivity contribution is 6.34. The molecule has 0 radical (unpaired) electrons. The van der Waals surface area contributed by atoms with E-state index in [1.54, 1.807) is 43.3 Å². The van der Waals surface area contributed by atoms with Crippen LogP contribution in [0.1, 0.15) is 16.2 Å². The average Bonchev–Trinajstić information content (AvgIpc) is 2.79. The van der Waals surface area contributed by atoms with Crippen molar-refractivity contribution in [1.29, 1.82) is 0 Å². The van der Waals surface area contributed by atoms with Crippen molar-refractivity contribution >= 4 is 39.8 Å². The summed E-state index contributed by atoms with van der Waals surface area (Å²) in [5, 5.41) is 14.0. The van der Waals surface area contributed by atoms with Crippen LogP contribution in [0.5, 0.6) is 5.75 Å². The number of benzene rings is 3. The second-order valence-electron chi connectivity index (χ2n) is 7.08. The van der Waals surface area contributed by atoms with Crippen molar-refractivity contribution in [3.63, 3.8) is 0 Å². The van der Waals surface area contributed by atoms with Crippen molar-refractivity contribution in [2.75, 3.05) is 12.4 Å². The van der Waals surface area contributed by atoms with Gasteiger partial charge in [0.1, 0.15) is 11.6 Å². The van der Waals surface area contributed by atoms with Gasteiger partial charge in [-0.15, -0.1) is 0 Å². The summed E-state index contributed by atoms with van der Waals surface area (Å²) in [7, 11) is 1.43. The van der Waals surface area contributed by atoms with Gasteiger partial charge in [0, 0.05) is 18.2 Å². The van der Waals surface area contributed by atoms with Gasteiger partial charge < -0.3 is 10.1 Å². The summed E-state index contributed by atoms with van der Waals surface area (Å²) in [6.07, 6.45) is 0. The first kappa shape index (κ1) is 22.0. The third-order valence-electron chi connectivity index (χ3n) is 5.04. The minimum atomic E-state index is -0.596. The number of methoxy groups -OCH3 is 1. The number of non-ortho nitro benzene ring substituents is 1. The van der Waals surface area contributed by atoms with Gasteiger partial charge in [0.25, 0.3) is 17.2 Å². The van der Waals surface area contributed by atoms with Gasteiger partial charge in [-0.25, -0.2) is 4.98 Å². The lowest BCUT2D eigenvalue weighted by atomic mass is 10.1. The van der Waals surface area contributed by atoms with E-state index in [0.29, 0.717) is 33.9 Å². The molecule has 0 unspecified atom stereocenters. The molecule has 1 heterocycles. The van der Waals surface area contributed by atoms with Gasteiger partial charge in [-0.2, -0.15) is 0 Å². The molecule has 0 saturated heterocycles. The number of anilines is 1. The zero-order valence-corrected chi connectivity index (χ0v) is 18.3. The van der Waals surface area contributed by atoms with Gasteiger partial charge in [0.2, 0.25) is 0 Å². The molecule has 9 nitrogen and oxygen atoms in total. The maximum Gasteiger partial charge on any atom is 0.270 e. The van der Waals surface area contributed by atoms with Crippen LogP contribution in [0.2, 0.25) is 5.02 Å². The lowest BCUT2D eigenvalue weighted by Crippen LogP contribution is -2.22. The fraction of sp³-hybridized carbons (Fsp3) is 0.0870. The molecule has 10 heteroatoms. The van der Waals surface area contributed by atoms with Crippen LogP contribution in [0.15, 0.2) is 65.5 Å². The minimum absolute atomic E-state index is 0.0540. The Morgan fingerprint density at radius 1 is 1.15 bits per heavy atom. The number of nitrogens with zero attached hydrogens (tertiary/aromatic N) is 3. The predicted molar refractivity (Wildman–Crippen MR) is 125 cm³/mol. The maximum atomic E-state index is 13.1. The van der Waals surface area contributed by atoms with Crippen LogP contribution in [-0.2, 0) is 0 Å². The van der Waals surface area contributed by atoms with Crippen molar-refractivity contribution in [3.8, 4) is 11.4 Å². The van der Waals surface area contributed by atoms with E-state index in [9.17, 15) is 19.7 Å². The molecule has 166 valence electrons. The molecule has 0 aliphatic heterocycles. The molecule has 1 amide bonds. The summed E-state index contributed by atoms with van der Waals surface area (Å²) in [6.45, 7) is 1.73. The summed E-state index contributed by atoms with van der Waals surface area (Å²) in [4.78, 5) is 40.5. The van der Waals surface area contributed by atoms with Crippen molar-refractivity contribution in [3.05, 3.63) is 97.5 Å². The molecule has 0 spiro atoms. The number of carbonyl (C=O) groups excluding carboxylic acids is 1. The fourth-order valence-corrected chi connectivity index (χ4v) is 3.72. The van der Waals surface area contributed by atoms with Gasteiger partial charge in [0.15, 0.2) is 0 Å². The van der Waals surface area contributed by atoms with Crippen LogP contribution in [0, 0.1) is 17.0 Å². The molecule has 0 saturated carbocycles. The molecule has 4 rings (SSSR count). The van der Waals surface area contributed by atoms with E-state index in [1.807, 2.05) is 6.07 Å². The van der Waals surface area contributed by atoms with Crippen LogP contribution in [-0.4, -0.2) is 27.5 Å². The number of nitrogens with one attached hydrogen (secondary N) is 1. The highest BCUT2D eigenvalue weighted by atomic mass is 35.5. The molecule has 0 bridgehead atoms. The van der Waals surface area contributed by atoms with E-state index in [1.165, 1.54) is 23.8 Å². The molecule has 0 aliphatic carbocycles. The minimum Gasteiger partial charge on any atom is -0.494 e. The smallest absolute Gasteiger partial charge is 0.270 e. The molecule has 0 aliphatic rings. The number of carbonyl (C=O) groups is 1. The van der Waals surface area contributed by atoms with Crippen molar-refractivity contribution in [2.45, 2.75) is 6.92 Å². The number of nitro groups is 1. The number of ether oxygens (including phenoxy) is 1. The Bertz CT molecular complexity index is 1480. The third kappa shape index (κ3) is 4.13. The van der Waals surface area contributed by atoms with Crippen LogP contribution >= 0.6 is 11.6 Å². The molecule has 1 aromatic heterocycles. The first-order valence-corrected chi connectivity index (χ1v) is 10.1. The van der Waals surface area contributed by atoms with Gasteiger partial charge in [-0.05, 0) is 37.3 Å². The van der Waals surface area contributed by atoms with Crippen LogP contribution < -0.4 is 15.6 Å². The van der Waals surface area contributed by atoms with E-state index < -0.39 is 10.8 Å². The monoisotopic (exact) mass is 464 g/mol. The topological polar surface area (TPSA) is 116 Å². The number of amides is 1. The Morgan fingerprint density at radius 3 is 2.61 bits per heavy atom. The number of hydrogen-bond donors (Lipinski definition) is 1. The number of aromatic nitrogens is 2. The Balaban J connectivity index is 1.70. The normalized spacial score (nSPS) is 10.8. The van der Waals surface area contributed by atoms with E-state index in [2.05, 4.69) is 10.3 Å². The third-order valence-corrected chi connectivity index (χ3v) is 5.36. The van der Waals surface area contributed by atoms with Gasteiger partial charge in [-0.3, -0.25) is 24.3 Å². The number of hydrogen-bond acceptors (Lipinski definition) is 6. The molecular formula is C23H17ClN4O5. The Kier molecular flexibility index (Phi) is 5.80. The predicted octanol–water partition coefficient (Wildman–Crippen LogP) is 4.52. The summed E-state index contributed by atoms with van der Waals surface area (Å²) in [6, 6.07) is 15.5. The summed E-state index contributed by atoms with van der Waals surface area (Å²) < 4.78 is 6.88. The molecule has 3 aromatic carbocycles. The van der Waals surface area contributed by atoms with Crippen molar-refractivity contribution < 1.29 is 14.5 Å². The largest absolute Gasteiger partial charge is 0.494 e.